The number of rotatable bonds is 3. The summed E-state index contributed by atoms with van der Waals surface area (Å²) in [7, 11) is 0. The van der Waals surface area contributed by atoms with Crippen molar-refractivity contribution in [1.29, 1.82) is 0 Å². The number of nitrogens with one attached hydrogen (secondary N) is 1. The molecule has 0 radical (unpaired) electrons. The van der Waals surface area contributed by atoms with E-state index in [9.17, 15) is 4.39 Å². The van der Waals surface area contributed by atoms with Crippen LogP contribution in [0, 0.1) is 12.7 Å². The van der Waals surface area contributed by atoms with Crippen molar-refractivity contribution in [3.05, 3.63) is 52.5 Å². The molecular formula is C15H10ClFN6S. The maximum absolute atomic E-state index is 13.1. The van der Waals surface area contributed by atoms with Gasteiger partial charge in [-0.2, -0.15) is 4.98 Å². The lowest BCUT2D eigenvalue weighted by atomic mass is 10.2. The number of hydrogen-bond donors (Lipinski definition) is 1. The second kappa shape index (κ2) is 5.81. The molecule has 4 aromatic rings. The fraction of sp³-hybridized carbons (Fsp3) is 0.0667. The molecule has 9 heteroatoms. The van der Waals surface area contributed by atoms with Crippen LogP contribution in [-0.4, -0.2) is 24.6 Å². The number of nitrogens with zero attached hydrogens (tertiary/aromatic N) is 5. The number of benzene rings is 1. The highest BCUT2D eigenvalue weighted by Gasteiger charge is 2.12. The molecule has 0 fully saturated rings. The summed E-state index contributed by atoms with van der Waals surface area (Å²) in [4.78, 5) is 13.4. The van der Waals surface area contributed by atoms with Gasteiger partial charge in [0.15, 0.2) is 0 Å². The lowest BCUT2D eigenvalue weighted by Crippen LogP contribution is -1.99. The number of aromatic nitrogens is 5. The Kier molecular flexibility index (Phi) is 3.62. The Hall–Kier alpha value is -2.58. The molecule has 0 saturated heterocycles. The minimum Gasteiger partial charge on any atom is -0.307 e. The molecule has 0 saturated carbocycles. The fourth-order valence-corrected chi connectivity index (χ4v) is 3.32. The lowest BCUT2D eigenvalue weighted by Gasteiger charge is -2.02. The number of halogens is 2. The molecule has 0 bridgehead atoms. The molecule has 1 N–H and O–H groups in total. The first kappa shape index (κ1) is 15.0. The van der Waals surface area contributed by atoms with E-state index in [2.05, 4.69) is 25.4 Å². The van der Waals surface area contributed by atoms with Crippen LogP contribution in [0.25, 0.3) is 16.2 Å². The number of hydrogen-bond acceptors (Lipinski definition) is 6. The van der Waals surface area contributed by atoms with Gasteiger partial charge in [0.25, 0.3) is 0 Å². The predicted molar refractivity (Wildman–Crippen MR) is 91.3 cm³/mol. The Morgan fingerprint density at radius 3 is 2.71 bits per heavy atom. The van der Waals surface area contributed by atoms with Gasteiger partial charge in [0.05, 0.1) is 5.69 Å². The van der Waals surface area contributed by atoms with Gasteiger partial charge in [0.1, 0.15) is 22.6 Å². The Labute approximate surface area is 145 Å². The van der Waals surface area contributed by atoms with Gasteiger partial charge in [-0.1, -0.05) is 11.6 Å². The zero-order valence-electron chi connectivity index (χ0n) is 12.4. The van der Waals surface area contributed by atoms with Crippen LogP contribution in [0.5, 0.6) is 0 Å². The molecule has 24 heavy (non-hydrogen) atoms. The third-order valence-electron chi connectivity index (χ3n) is 3.27. The molecule has 0 amide bonds. The van der Waals surface area contributed by atoms with E-state index in [4.69, 9.17) is 11.6 Å². The molecule has 120 valence electrons. The zero-order valence-corrected chi connectivity index (χ0v) is 13.9. The summed E-state index contributed by atoms with van der Waals surface area (Å²) in [6.07, 6.45) is 0. The molecule has 0 unspecified atom stereocenters. The first-order chi connectivity index (χ1) is 11.6. The quantitative estimate of drug-likeness (QED) is 0.557. The molecular weight excluding hydrogens is 351 g/mol. The van der Waals surface area contributed by atoms with Gasteiger partial charge in [0.2, 0.25) is 10.9 Å². The third kappa shape index (κ3) is 2.81. The molecule has 3 aromatic heterocycles. The summed E-state index contributed by atoms with van der Waals surface area (Å²) in [5.74, 6) is 1.20. The van der Waals surface area contributed by atoms with Gasteiger partial charge >= 0.3 is 0 Å². The maximum atomic E-state index is 13.1. The van der Waals surface area contributed by atoms with Crippen LogP contribution in [0.3, 0.4) is 0 Å². The van der Waals surface area contributed by atoms with Gasteiger partial charge in [-0.05, 0) is 31.2 Å². The van der Waals surface area contributed by atoms with E-state index < -0.39 is 0 Å². The summed E-state index contributed by atoms with van der Waals surface area (Å²) < 4.78 is 14.8. The summed E-state index contributed by atoms with van der Waals surface area (Å²) in [6.45, 7) is 1.75. The van der Waals surface area contributed by atoms with Crippen LogP contribution in [0.1, 0.15) is 5.82 Å². The van der Waals surface area contributed by atoms with E-state index in [0.717, 1.165) is 11.3 Å². The van der Waals surface area contributed by atoms with Crippen LogP contribution < -0.4 is 5.32 Å². The van der Waals surface area contributed by atoms with E-state index in [1.54, 1.807) is 29.6 Å². The van der Waals surface area contributed by atoms with Crippen molar-refractivity contribution in [3.8, 4) is 11.3 Å². The summed E-state index contributed by atoms with van der Waals surface area (Å²) in [5, 5.41) is 9.72. The number of aryl methyl sites for hydroxylation is 1. The van der Waals surface area contributed by atoms with Crippen LogP contribution >= 0.6 is 22.9 Å². The third-order valence-corrected chi connectivity index (χ3v) is 4.28. The van der Waals surface area contributed by atoms with Crippen LogP contribution in [0.15, 0.2) is 35.7 Å². The SMILES string of the molecule is Cc1nc(Cl)cc(Nc2nc3scc(-c4ccc(F)cc4)n3n2)n1. The van der Waals surface area contributed by atoms with Gasteiger partial charge < -0.3 is 5.32 Å². The number of anilines is 2. The first-order valence-corrected chi connectivity index (χ1v) is 8.23. The average Bonchev–Trinajstić information content (AvgIpc) is 3.07. The van der Waals surface area contributed by atoms with Crippen molar-refractivity contribution >= 4 is 39.7 Å². The summed E-state index contributed by atoms with van der Waals surface area (Å²) >= 11 is 7.37. The van der Waals surface area contributed by atoms with Crippen molar-refractivity contribution in [2.45, 2.75) is 6.92 Å². The highest BCUT2D eigenvalue weighted by atomic mass is 35.5. The van der Waals surface area contributed by atoms with Crippen molar-refractivity contribution in [2.75, 3.05) is 5.32 Å². The average molecular weight is 361 g/mol. The molecule has 0 aliphatic heterocycles. The van der Waals surface area contributed by atoms with Gasteiger partial charge in [-0.25, -0.2) is 18.9 Å². The van der Waals surface area contributed by atoms with E-state index in [1.165, 1.54) is 23.5 Å². The molecule has 6 nitrogen and oxygen atoms in total. The molecule has 0 aliphatic carbocycles. The molecule has 0 aliphatic rings. The molecule has 1 aromatic carbocycles. The Morgan fingerprint density at radius 2 is 1.96 bits per heavy atom. The predicted octanol–water partition coefficient (Wildman–Crippen LogP) is 4.09. The van der Waals surface area contributed by atoms with E-state index >= 15 is 0 Å². The lowest BCUT2D eigenvalue weighted by molar-refractivity contribution is 0.628. The Morgan fingerprint density at radius 1 is 1.17 bits per heavy atom. The Bertz CT molecular complexity index is 1010. The molecule has 3 heterocycles. The van der Waals surface area contributed by atoms with Crippen molar-refractivity contribution in [1.82, 2.24) is 24.6 Å². The largest absolute Gasteiger partial charge is 0.307 e. The topological polar surface area (TPSA) is 68.0 Å². The molecule has 0 spiro atoms. The van der Waals surface area contributed by atoms with Gasteiger partial charge in [-0.15, -0.1) is 16.4 Å². The molecule has 0 atom stereocenters. The van der Waals surface area contributed by atoms with Gasteiger partial charge in [0, 0.05) is 17.0 Å². The van der Waals surface area contributed by atoms with Crippen LogP contribution in [-0.2, 0) is 0 Å². The molecule has 4 rings (SSSR count). The van der Waals surface area contributed by atoms with Crippen molar-refractivity contribution < 1.29 is 4.39 Å². The second-order valence-corrected chi connectivity index (χ2v) is 6.23. The highest BCUT2D eigenvalue weighted by Crippen LogP contribution is 2.26. The Balaban J connectivity index is 1.70. The van der Waals surface area contributed by atoms with Crippen molar-refractivity contribution in [2.24, 2.45) is 0 Å². The standard InChI is InChI=1S/C15H10ClFN6S/c1-8-18-12(16)6-13(19-8)20-14-21-15-23(22-14)11(7-24-15)9-2-4-10(17)5-3-9/h2-7H,1H3,(H,18,19,20,22). The van der Waals surface area contributed by atoms with E-state index in [-0.39, 0.29) is 5.82 Å². The first-order valence-electron chi connectivity index (χ1n) is 6.97. The summed E-state index contributed by atoms with van der Waals surface area (Å²) in [5.41, 5.74) is 1.70. The number of thiazole rings is 1. The smallest absolute Gasteiger partial charge is 0.249 e. The van der Waals surface area contributed by atoms with Gasteiger partial charge in [-0.3, -0.25) is 0 Å². The fourth-order valence-electron chi connectivity index (χ4n) is 2.26. The van der Waals surface area contributed by atoms with Crippen LogP contribution in [0.4, 0.5) is 16.2 Å². The number of fused-ring (bicyclic) bond motifs is 1. The van der Waals surface area contributed by atoms with E-state index in [0.29, 0.717) is 27.7 Å². The monoisotopic (exact) mass is 360 g/mol. The van der Waals surface area contributed by atoms with Crippen LogP contribution in [0.2, 0.25) is 5.15 Å². The minimum atomic E-state index is -0.276. The zero-order chi connectivity index (χ0) is 16.7. The van der Waals surface area contributed by atoms with E-state index in [1.807, 2.05) is 5.38 Å². The summed E-state index contributed by atoms with van der Waals surface area (Å²) in [6, 6.07) is 7.85. The normalized spacial score (nSPS) is 11.1. The maximum Gasteiger partial charge on any atom is 0.249 e. The highest BCUT2D eigenvalue weighted by molar-refractivity contribution is 7.15. The van der Waals surface area contributed by atoms with Crippen molar-refractivity contribution in [3.63, 3.8) is 0 Å². The second-order valence-electron chi connectivity index (χ2n) is 5.01. The minimum absolute atomic E-state index is 0.276.